The molecule has 12 heavy (non-hydrogen) atoms. The fourth-order valence-corrected chi connectivity index (χ4v) is 1.38. The number of nitrogens with zero attached hydrogens (tertiary/aromatic N) is 1. The Bertz CT molecular complexity index is 157. The van der Waals surface area contributed by atoms with Gasteiger partial charge in [-0.2, -0.15) is 0 Å². The highest BCUT2D eigenvalue weighted by atomic mass is 32.1. The average molecular weight is 187 g/mol. The zero-order valence-electron chi connectivity index (χ0n) is 7.88. The van der Waals surface area contributed by atoms with E-state index < -0.39 is 0 Å². The van der Waals surface area contributed by atoms with Crippen LogP contribution in [0.2, 0.25) is 0 Å². The molecule has 0 spiro atoms. The summed E-state index contributed by atoms with van der Waals surface area (Å²) >= 11 is 5.07. The van der Waals surface area contributed by atoms with Crippen LogP contribution in [0.5, 0.6) is 0 Å². The molecule has 0 aromatic carbocycles. The van der Waals surface area contributed by atoms with Crippen LogP contribution in [0.3, 0.4) is 0 Å². The molecule has 1 heterocycles. The van der Waals surface area contributed by atoms with Crippen LogP contribution in [-0.2, 0) is 4.74 Å². The number of hydrogen-bond acceptors (Lipinski definition) is 2. The van der Waals surface area contributed by atoms with E-state index in [1.807, 2.05) is 0 Å². The molecule has 0 saturated carbocycles. The van der Waals surface area contributed by atoms with E-state index in [2.05, 4.69) is 18.7 Å². The minimum Gasteiger partial charge on any atom is -0.468 e. The maximum Gasteiger partial charge on any atom is 0.259 e. The molecule has 3 heteroatoms. The molecule has 1 saturated heterocycles. The van der Waals surface area contributed by atoms with Crippen molar-refractivity contribution >= 4 is 17.4 Å². The third-order valence-electron chi connectivity index (χ3n) is 1.97. The van der Waals surface area contributed by atoms with Crippen molar-refractivity contribution in [3.8, 4) is 0 Å². The van der Waals surface area contributed by atoms with Gasteiger partial charge in [0.1, 0.15) is 0 Å². The summed E-state index contributed by atoms with van der Waals surface area (Å²) in [7, 11) is 0. The highest BCUT2D eigenvalue weighted by Crippen LogP contribution is 2.11. The van der Waals surface area contributed by atoms with Gasteiger partial charge in [-0.15, -0.1) is 0 Å². The first kappa shape index (κ1) is 9.78. The van der Waals surface area contributed by atoms with Gasteiger partial charge < -0.3 is 9.64 Å². The molecule has 1 aliphatic heterocycles. The van der Waals surface area contributed by atoms with Gasteiger partial charge in [-0.3, -0.25) is 0 Å². The van der Waals surface area contributed by atoms with E-state index in [9.17, 15) is 0 Å². The second kappa shape index (κ2) is 4.65. The lowest BCUT2D eigenvalue weighted by Gasteiger charge is -2.14. The van der Waals surface area contributed by atoms with Crippen LogP contribution in [0.1, 0.15) is 33.1 Å². The number of ether oxygens (including phenoxy) is 1. The lowest BCUT2D eigenvalue weighted by Crippen LogP contribution is -2.19. The van der Waals surface area contributed by atoms with E-state index in [4.69, 9.17) is 17.0 Å². The highest BCUT2D eigenvalue weighted by molar-refractivity contribution is 7.80. The van der Waals surface area contributed by atoms with Crippen LogP contribution in [0, 0.1) is 0 Å². The van der Waals surface area contributed by atoms with Crippen LogP contribution in [0.15, 0.2) is 0 Å². The van der Waals surface area contributed by atoms with Crippen LogP contribution in [0.25, 0.3) is 0 Å². The first-order valence-corrected chi connectivity index (χ1v) is 5.10. The highest BCUT2D eigenvalue weighted by Gasteiger charge is 2.22. The molecule has 0 aromatic heterocycles. The van der Waals surface area contributed by atoms with Gasteiger partial charge in [0.15, 0.2) is 0 Å². The van der Waals surface area contributed by atoms with Crippen molar-refractivity contribution in [3.05, 3.63) is 0 Å². The van der Waals surface area contributed by atoms with Gasteiger partial charge >= 0.3 is 0 Å². The molecular weight excluding hydrogens is 170 g/mol. The van der Waals surface area contributed by atoms with Gasteiger partial charge in [0, 0.05) is 13.1 Å². The summed E-state index contributed by atoms with van der Waals surface area (Å²) in [6, 6.07) is 0. The van der Waals surface area contributed by atoms with Crippen molar-refractivity contribution < 1.29 is 4.74 Å². The molecule has 1 rings (SSSR count). The van der Waals surface area contributed by atoms with E-state index in [1.165, 1.54) is 12.8 Å². The summed E-state index contributed by atoms with van der Waals surface area (Å²) in [5.41, 5.74) is 0. The topological polar surface area (TPSA) is 12.2 Å². The standard InChI is InChI=1S/C9H17NOS/c1-3-4-5-8(2)11-9(12)10-6-7-10/h8H,3-7H2,1-2H3. The predicted molar refractivity (Wildman–Crippen MR) is 54.2 cm³/mol. The van der Waals surface area contributed by atoms with E-state index in [0.717, 1.165) is 19.5 Å². The molecule has 1 aliphatic rings. The van der Waals surface area contributed by atoms with Gasteiger partial charge in [0.2, 0.25) is 0 Å². The molecule has 0 N–H and O–H groups in total. The largest absolute Gasteiger partial charge is 0.468 e. The number of unbranched alkanes of at least 4 members (excludes halogenated alkanes) is 1. The molecule has 70 valence electrons. The van der Waals surface area contributed by atoms with Crippen molar-refractivity contribution in [2.45, 2.75) is 39.2 Å². The Morgan fingerprint density at radius 2 is 2.25 bits per heavy atom. The average Bonchev–Trinajstić information content (AvgIpc) is 2.82. The van der Waals surface area contributed by atoms with Gasteiger partial charge in [0.05, 0.1) is 6.10 Å². The first-order valence-electron chi connectivity index (χ1n) is 4.69. The molecule has 0 radical (unpaired) electrons. The molecule has 1 fully saturated rings. The first-order chi connectivity index (χ1) is 5.74. The van der Waals surface area contributed by atoms with Gasteiger partial charge in [-0.25, -0.2) is 0 Å². The van der Waals surface area contributed by atoms with E-state index in [1.54, 1.807) is 0 Å². The molecule has 0 bridgehead atoms. The van der Waals surface area contributed by atoms with Crippen molar-refractivity contribution in [1.29, 1.82) is 0 Å². The Morgan fingerprint density at radius 1 is 1.58 bits per heavy atom. The Balaban J connectivity index is 2.07. The number of thiocarbonyl (C=S) groups is 1. The maximum atomic E-state index is 5.53. The monoisotopic (exact) mass is 187 g/mol. The van der Waals surface area contributed by atoms with Crippen molar-refractivity contribution in [3.63, 3.8) is 0 Å². The maximum absolute atomic E-state index is 5.53. The summed E-state index contributed by atoms with van der Waals surface area (Å²) in [6.45, 7) is 6.44. The summed E-state index contributed by atoms with van der Waals surface area (Å²) in [4.78, 5) is 2.07. The van der Waals surface area contributed by atoms with Crippen molar-refractivity contribution in [1.82, 2.24) is 4.90 Å². The number of rotatable bonds is 4. The third kappa shape index (κ3) is 3.39. The lowest BCUT2D eigenvalue weighted by molar-refractivity contribution is 0.182. The summed E-state index contributed by atoms with van der Waals surface area (Å²) in [6.07, 6.45) is 3.86. The minimum atomic E-state index is 0.290. The normalized spacial score (nSPS) is 17.3. The zero-order valence-corrected chi connectivity index (χ0v) is 8.69. The molecule has 0 aliphatic carbocycles. The molecular formula is C9H17NOS. The summed E-state index contributed by atoms with van der Waals surface area (Å²) in [5.74, 6) is 0. The van der Waals surface area contributed by atoms with Gasteiger partial charge in [-0.05, 0) is 25.6 Å². The Morgan fingerprint density at radius 3 is 2.75 bits per heavy atom. The SMILES string of the molecule is CCCCC(C)OC(=S)N1CC1. The fourth-order valence-electron chi connectivity index (χ4n) is 1.03. The second-order valence-corrected chi connectivity index (χ2v) is 3.67. The van der Waals surface area contributed by atoms with E-state index in [0.29, 0.717) is 5.17 Å². The fraction of sp³-hybridized carbons (Fsp3) is 0.889. The van der Waals surface area contributed by atoms with Crippen LogP contribution in [0.4, 0.5) is 0 Å². The second-order valence-electron chi connectivity index (χ2n) is 3.32. The van der Waals surface area contributed by atoms with Gasteiger partial charge in [-0.1, -0.05) is 19.8 Å². The van der Waals surface area contributed by atoms with E-state index >= 15 is 0 Å². The zero-order chi connectivity index (χ0) is 8.97. The molecule has 1 unspecified atom stereocenters. The lowest BCUT2D eigenvalue weighted by atomic mass is 10.2. The Labute approximate surface area is 79.9 Å². The van der Waals surface area contributed by atoms with Gasteiger partial charge in [0.25, 0.3) is 5.17 Å². The van der Waals surface area contributed by atoms with Crippen molar-refractivity contribution in [2.75, 3.05) is 13.1 Å². The van der Waals surface area contributed by atoms with Crippen LogP contribution >= 0.6 is 12.2 Å². The minimum absolute atomic E-state index is 0.290. The smallest absolute Gasteiger partial charge is 0.259 e. The van der Waals surface area contributed by atoms with Crippen molar-refractivity contribution in [2.24, 2.45) is 0 Å². The number of hydrogen-bond donors (Lipinski definition) is 0. The molecule has 0 amide bonds. The quantitative estimate of drug-likeness (QED) is 0.494. The van der Waals surface area contributed by atoms with E-state index in [-0.39, 0.29) is 6.10 Å². The molecule has 1 atom stereocenters. The summed E-state index contributed by atoms with van der Waals surface area (Å²) < 4.78 is 5.53. The third-order valence-corrected chi connectivity index (χ3v) is 2.33. The molecule has 0 aromatic rings. The predicted octanol–water partition coefficient (Wildman–Crippen LogP) is 2.18. The van der Waals surface area contributed by atoms with Crippen LogP contribution in [-0.4, -0.2) is 29.3 Å². The summed E-state index contributed by atoms with van der Waals surface area (Å²) in [5, 5.41) is 0.693. The Hall–Kier alpha value is -0.310. The van der Waals surface area contributed by atoms with Crippen LogP contribution < -0.4 is 0 Å². The molecule has 2 nitrogen and oxygen atoms in total. The Kier molecular flexibility index (Phi) is 3.79.